The summed E-state index contributed by atoms with van der Waals surface area (Å²) in [5.41, 5.74) is 0.846. The van der Waals surface area contributed by atoms with E-state index in [-0.39, 0.29) is 17.4 Å². The van der Waals surface area contributed by atoms with Crippen LogP contribution in [0.25, 0.3) is 5.69 Å². The first kappa shape index (κ1) is 20.3. The van der Waals surface area contributed by atoms with Crippen molar-refractivity contribution in [2.75, 3.05) is 0 Å². The molecule has 0 bridgehead atoms. The summed E-state index contributed by atoms with van der Waals surface area (Å²) in [6.45, 7) is 2.23. The second kappa shape index (κ2) is 8.56. The van der Waals surface area contributed by atoms with Crippen molar-refractivity contribution in [3.63, 3.8) is 0 Å². The predicted molar refractivity (Wildman–Crippen MR) is 91.1 cm³/mol. The third-order valence-corrected chi connectivity index (χ3v) is 4.18. The van der Waals surface area contributed by atoms with Gasteiger partial charge in [-0.25, -0.2) is 9.48 Å². The molecule has 0 spiro atoms. The van der Waals surface area contributed by atoms with Gasteiger partial charge in [-0.3, -0.25) is 4.79 Å². The number of hydrogen-bond acceptors (Lipinski definition) is 5. The van der Waals surface area contributed by atoms with Gasteiger partial charge in [0.05, 0.1) is 11.4 Å². The number of aromatic nitrogens is 3. The maximum atomic E-state index is 12.4. The molecule has 8 nitrogen and oxygen atoms in total. The highest BCUT2D eigenvalue weighted by atomic mass is 19.3. The van der Waals surface area contributed by atoms with Crippen LogP contribution in [0.1, 0.15) is 36.5 Å². The lowest BCUT2D eigenvalue weighted by Gasteiger charge is -2.19. The average molecular weight is 382 g/mol. The van der Waals surface area contributed by atoms with Gasteiger partial charge < -0.3 is 15.2 Å². The second-order valence-electron chi connectivity index (χ2n) is 5.98. The lowest BCUT2D eigenvalue weighted by Crippen LogP contribution is -2.45. The third-order valence-electron chi connectivity index (χ3n) is 4.18. The van der Waals surface area contributed by atoms with Crippen LogP contribution < -0.4 is 10.1 Å². The summed E-state index contributed by atoms with van der Waals surface area (Å²) >= 11 is 0. The normalized spacial score (nSPS) is 13.3. The molecule has 10 heteroatoms. The van der Waals surface area contributed by atoms with E-state index in [0.717, 1.165) is 0 Å². The molecule has 27 heavy (non-hydrogen) atoms. The molecule has 1 aromatic heterocycles. The molecule has 2 rings (SSSR count). The largest absolute Gasteiger partial charge is 0.480 e. The van der Waals surface area contributed by atoms with Crippen LogP contribution in [0.15, 0.2) is 24.3 Å². The zero-order chi connectivity index (χ0) is 20.1. The first-order chi connectivity index (χ1) is 12.7. The van der Waals surface area contributed by atoms with E-state index in [1.54, 1.807) is 13.8 Å². The molecule has 0 saturated heterocycles. The number of nitrogens with zero attached hydrogens (tertiary/aromatic N) is 3. The number of halogens is 2. The van der Waals surface area contributed by atoms with Gasteiger partial charge in [0.15, 0.2) is 5.69 Å². The highest BCUT2D eigenvalue weighted by molar-refractivity contribution is 5.95. The Morgan fingerprint density at radius 3 is 2.44 bits per heavy atom. The summed E-state index contributed by atoms with van der Waals surface area (Å²) in [4.78, 5) is 23.8. The Bertz CT molecular complexity index is 808. The molecule has 0 unspecified atom stereocenters. The number of rotatable bonds is 8. The van der Waals surface area contributed by atoms with Crippen LogP contribution in [0.3, 0.4) is 0 Å². The Morgan fingerprint density at radius 1 is 1.30 bits per heavy atom. The molecule has 0 aliphatic rings. The summed E-state index contributed by atoms with van der Waals surface area (Å²) in [6.07, 6.45) is 0.579. The van der Waals surface area contributed by atoms with Crippen LogP contribution >= 0.6 is 0 Å². The maximum absolute atomic E-state index is 12.4. The highest BCUT2D eigenvalue weighted by Gasteiger charge is 2.28. The smallest absolute Gasteiger partial charge is 0.387 e. The SMILES string of the molecule is CC[C@H](C)[C@H](NC(=O)c1nnn(-c2ccc(OC(F)F)cc2)c1C)C(=O)O. The number of carboxylic acid groups (broad SMARTS) is 1. The molecule has 146 valence electrons. The van der Waals surface area contributed by atoms with E-state index in [1.165, 1.54) is 28.9 Å². The van der Waals surface area contributed by atoms with Crippen molar-refractivity contribution >= 4 is 11.9 Å². The number of amides is 1. The van der Waals surface area contributed by atoms with Gasteiger partial charge in [0.25, 0.3) is 5.91 Å². The molecule has 1 amide bonds. The molecule has 2 atom stereocenters. The van der Waals surface area contributed by atoms with Crippen LogP contribution in [0, 0.1) is 12.8 Å². The van der Waals surface area contributed by atoms with Crippen molar-refractivity contribution < 1.29 is 28.2 Å². The van der Waals surface area contributed by atoms with Crippen molar-refractivity contribution in [3.05, 3.63) is 35.7 Å². The first-order valence-electron chi connectivity index (χ1n) is 8.25. The number of nitrogens with one attached hydrogen (secondary N) is 1. The Labute approximate surface area is 154 Å². The van der Waals surface area contributed by atoms with Crippen molar-refractivity contribution in [1.29, 1.82) is 0 Å². The number of alkyl halides is 2. The van der Waals surface area contributed by atoms with Crippen LogP contribution in [0.4, 0.5) is 8.78 Å². The van der Waals surface area contributed by atoms with Crippen LogP contribution in [-0.2, 0) is 4.79 Å². The topological polar surface area (TPSA) is 106 Å². The number of carbonyl (C=O) groups excluding carboxylic acids is 1. The molecular formula is C17H20F2N4O4. The Balaban J connectivity index is 2.21. The third kappa shape index (κ3) is 4.78. The van der Waals surface area contributed by atoms with Crippen molar-refractivity contribution in [3.8, 4) is 11.4 Å². The van der Waals surface area contributed by atoms with Crippen LogP contribution in [0.2, 0.25) is 0 Å². The fourth-order valence-corrected chi connectivity index (χ4v) is 2.45. The van der Waals surface area contributed by atoms with Crippen molar-refractivity contribution in [2.24, 2.45) is 5.92 Å². The molecule has 1 heterocycles. The number of ether oxygens (including phenoxy) is 1. The molecule has 0 fully saturated rings. The van der Waals surface area contributed by atoms with Crippen molar-refractivity contribution in [1.82, 2.24) is 20.3 Å². The average Bonchev–Trinajstić information content (AvgIpc) is 3.00. The number of aliphatic carboxylic acids is 1. The quantitative estimate of drug-likeness (QED) is 0.726. The van der Waals surface area contributed by atoms with E-state index < -0.39 is 24.5 Å². The minimum Gasteiger partial charge on any atom is -0.480 e. The molecule has 0 saturated carbocycles. The molecule has 2 N–H and O–H groups in total. The van der Waals surface area contributed by atoms with Gasteiger partial charge in [-0.2, -0.15) is 8.78 Å². The Morgan fingerprint density at radius 2 is 1.93 bits per heavy atom. The molecule has 1 aromatic carbocycles. The Kier molecular flexibility index (Phi) is 6.43. The molecule has 0 aliphatic heterocycles. The van der Waals surface area contributed by atoms with Crippen LogP contribution in [-0.4, -0.2) is 44.6 Å². The van der Waals surface area contributed by atoms with Gasteiger partial charge in [0.1, 0.15) is 11.8 Å². The number of carboxylic acids is 1. The summed E-state index contributed by atoms with van der Waals surface area (Å²) in [5.74, 6) is -2.05. The standard InChI is InChI=1S/C17H20F2N4O4/c1-4-9(2)13(16(25)26)20-15(24)14-10(3)23(22-21-14)11-5-7-12(8-6-11)27-17(18)19/h5-9,13,17H,4H2,1-3H3,(H,20,24)(H,25,26)/t9-,13-/m0/s1. The van der Waals surface area contributed by atoms with Gasteiger partial charge in [0.2, 0.25) is 0 Å². The van der Waals surface area contributed by atoms with E-state index in [1.807, 2.05) is 6.92 Å². The van der Waals surface area contributed by atoms with E-state index >= 15 is 0 Å². The fourth-order valence-electron chi connectivity index (χ4n) is 2.45. The lowest BCUT2D eigenvalue weighted by atomic mass is 9.99. The predicted octanol–water partition coefficient (Wildman–Crippen LogP) is 2.41. The lowest BCUT2D eigenvalue weighted by molar-refractivity contribution is -0.140. The molecule has 0 aliphatic carbocycles. The number of benzene rings is 1. The summed E-state index contributed by atoms with van der Waals surface area (Å²) in [6, 6.07) is 4.61. The second-order valence-corrected chi connectivity index (χ2v) is 5.98. The zero-order valence-electron chi connectivity index (χ0n) is 15.0. The maximum Gasteiger partial charge on any atom is 0.387 e. The highest BCUT2D eigenvalue weighted by Crippen LogP contribution is 2.19. The fraction of sp³-hybridized carbons (Fsp3) is 0.412. The van der Waals surface area contributed by atoms with Crippen LogP contribution in [0.5, 0.6) is 5.75 Å². The Hall–Kier alpha value is -3.04. The van der Waals surface area contributed by atoms with Gasteiger partial charge in [0, 0.05) is 0 Å². The van der Waals surface area contributed by atoms with E-state index in [9.17, 15) is 23.5 Å². The number of hydrogen-bond donors (Lipinski definition) is 2. The zero-order valence-corrected chi connectivity index (χ0v) is 15.0. The molecular weight excluding hydrogens is 362 g/mol. The van der Waals surface area contributed by atoms with Gasteiger partial charge >= 0.3 is 12.6 Å². The van der Waals surface area contributed by atoms with E-state index in [2.05, 4.69) is 20.4 Å². The van der Waals surface area contributed by atoms with Crippen molar-refractivity contribution in [2.45, 2.75) is 39.8 Å². The summed E-state index contributed by atoms with van der Waals surface area (Å²) < 4.78 is 30.0. The van der Waals surface area contributed by atoms with E-state index in [4.69, 9.17) is 0 Å². The monoisotopic (exact) mass is 382 g/mol. The summed E-state index contributed by atoms with van der Waals surface area (Å²) in [5, 5.41) is 19.5. The molecule has 2 aromatic rings. The summed E-state index contributed by atoms with van der Waals surface area (Å²) in [7, 11) is 0. The van der Waals surface area contributed by atoms with Gasteiger partial charge in [-0.05, 0) is 37.1 Å². The molecule has 0 radical (unpaired) electrons. The first-order valence-corrected chi connectivity index (χ1v) is 8.25. The minimum atomic E-state index is -2.92. The minimum absolute atomic E-state index is 0.0117. The van der Waals surface area contributed by atoms with Gasteiger partial charge in [-0.1, -0.05) is 25.5 Å². The van der Waals surface area contributed by atoms with E-state index in [0.29, 0.717) is 17.8 Å². The van der Waals surface area contributed by atoms with Gasteiger partial charge in [-0.15, -0.1) is 5.10 Å². The number of carbonyl (C=O) groups is 2.